The summed E-state index contributed by atoms with van der Waals surface area (Å²) >= 11 is 1.34. The van der Waals surface area contributed by atoms with Crippen LogP contribution in [0.3, 0.4) is 0 Å². The average Bonchev–Trinajstić information content (AvgIpc) is 3.47. The van der Waals surface area contributed by atoms with E-state index in [2.05, 4.69) is 26.3 Å². The van der Waals surface area contributed by atoms with E-state index >= 15 is 0 Å². The molecule has 4 aromatic rings. The number of benzene rings is 1. The molecule has 184 valence electrons. The van der Waals surface area contributed by atoms with E-state index in [1.54, 1.807) is 48.5 Å². The van der Waals surface area contributed by atoms with Crippen molar-refractivity contribution in [3.05, 3.63) is 87.4 Å². The maximum Gasteiger partial charge on any atom is 0.273 e. The molecule has 0 saturated carbocycles. The predicted molar refractivity (Wildman–Crippen MR) is 138 cm³/mol. The minimum Gasteiger partial charge on any atom is -0.496 e. The third kappa shape index (κ3) is 4.64. The van der Waals surface area contributed by atoms with Gasteiger partial charge >= 0.3 is 0 Å². The topological polar surface area (TPSA) is 121 Å². The lowest BCUT2D eigenvalue weighted by atomic mass is 9.97. The van der Waals surface area contributed by atoms with Crippen LogP contribution >= 0.6 is 11.3 Å². The van der Waals surface area contributed by atoms with Crippen LogP contribution in [0.1, 0.15) is 48.2 Å². The predicted octanol–water partition coefficient (Wildman–Crippen LogP) is 4.51. The summed E-state index contributed by atoms with van der Waals surface area (Å²) in [7, 11) is 1.54. The van der Waals surface area contributed by atoms with Crippen LogP contribution in [-0.2, 0) is 13.1 Å². The summed E-state index contributed by atoms with van der Waals surface area (Å²) in [6, 6.07) is 12.6. The number of rotatable bonds is 5. The van der Waals surface area contributed by atoms with Gasteiger partial charge in [-0.25, -0.2) is 4.98 Å². The molecule has 5 rings (SSSR count). The van der Waals surface area contributed by atoms with Crippen molar-refractivity contribution in [2.75, 3.05) is 12.4 Å². The molecule has 0 fully saturated rings. The van der Waals surface area contributed by atoms with Crippen molar-refractivity contribution >= 4 is 28.3 Å². The maximum atomic E-state index is 13.3. The van der Waals surface area contributed by atoms with E-state index in [9.17, 15) is 14.9 Å². The number of hydrogen-bond acceptors (Lipinski definition) is 8. The first-order chi connectivity index (χ1) is 17.9. The first-order valence-electron chi connectivity index (χ1n) is 11.4. The van der Waals surface area contributed by atoms with E-state index in [4.69, 9.17) is 4.74 Å². The summed E-state index contributed by atoms with van der Waals surface area (Å²) in [4.78, 5) is 42.0. The summed E-state index contributed by atoms with van der Waals surface area (Å²) in [5, 5.41) is 12.7. The normalized spacial score (nSPS) is 12.1. The number of nitrogens with zero attached hydrogens (tertiary/aromatic N) is 5. The lowest BCUT2D eigenvalue weighted by Crippen LogP contribution is -2.27. The van der Waals surface area contributed by atoms with Crippen LogP contribution in [0.25, 0.3) is 11.1 Å². The van der Waals surface area contributed by atoms with Crippen LogP contribution in [0, 0.1) is 25.2 Å². The Kier molecular flexibility index (Phi) is 6.38. The molecule has 0 radical (unpaired) electrons. The van der Waals surface area contributed by atoms with E-state index in [1.807, 2.05) is 19.9 Å². The Bertz CT molecular complexity index is 1570. The summed E-state index contributed by atoms with van der Waals surface area (Å²) in [6.07, 6.45) is 3.12. The molecule has 1 aliphatic rings. The van der Waals surface area contributed by atoms with Gasteiger partial charge in [-0.3, -0.25) is 24.9 Å². The molecule has 3 aromatic heterocycles. The fourth-order valence-electron chi connectivity index (χ4n) is 4.21. The highest BCUT2D eigenvalue weighted by Crippen LogP contribution is 2.35. The van der Waals surface area contributed by atoms with Gasteiger partial charge in [0.15, 0.2) is 5.13 Å². The number of fused-ring (bicyclic) bond motifs is 1. The first-order valence-corrected chi connectivity index (χ1v) is 12.3. The lowest BCUT2D eigenvalue weighted by molar-refractivity contribution is 0.0744. The van der Waals surface area contributed by atoms with E-state index in [1.165, 1.54) is 17.5 Å². The minimum absolute atomic E-state index is 0.141. The molecule has 37 heavy (non-hydrogen) atoms. The Balaban J connectivity index is 1.38. The number of aryl methyl sites for hydroxylation is 2. The molecule has 0 saturated heterocycles. The van der Waals surface area contributed by atoms with Gasteiger partial charge < -0.3 is 9.64 Å². The molecule has 1 aromatic carbocycles. The number of pyridine rings is 2. The van der Waals surface area contributed by atoms with E-state index in [0.717, 1.165) is 21.8 Å². The smallest absolute Gasteiger partial charge is 0.273 e. The fraction of sp³-hybridized carbons (Fsp3) is 0.185. The van der Waals surface area contributed by atoms with Crippen molar-refractivity contribution in [2.24, 2.45) is 0 Å². The van der Waals surface area contributed by atoms with Crippen LogP contribution in [0.4, 0.5) is 5.13 Å². The molecule has 10 heteroatoms. The first kappa shape index (κ1) is 24.1. The number of methoxy groups -OCH3 is 1. The molecular weight excluding hydrogens is 488 g/mol. The third-order valence-electron chi connectivity index (χ3n) is 6.08. The number of thiazole rings is 1. The number of carbonyl (C=O) groups excluding carboxylic acids is 2. The van der Waals surface area contributed by atoms with Crippen LogP contribution in [0.2, 0.25) is 0 Å². The second-order valence-electron chi connectivity index (χ2n) is 8.57. The number of ether oxygens (including phenoxy) is 1. The van der Waals surface area contributed by atoms with Gasteiger partial charge in [0.1, 0.15) is 11.4 Å². The lowest BCUT2D eigenvalue weighted by Gasteiger charge is -2.16. The SMILES string of the molecule is COc1ccc(C#N)cc1-c1cc(C)ncc1C(=O)Nc1nc2c(s1)CN(C(=O)c1ncccc1C)C2. The monoisotopic (exact) mass is 510 g/mol. The fourth-order valence-corrected chi connectivity index (χ4v) is 5.19. The van der Waals surface area contributed by atoms with Gasteiger partial charge in [0, 0.05) is 29.2 Å². The number of amides is 2. The molecule has 0 unspecified atom stereocenters. The molecule has 0 atom stereocenters. The van der Waals surface area contributed by atoms with Crippen molar-refractivity contribution in [2.45, 2.75) is 26.9 Å². The van der Waals surface area contributed by atoms with Gasteiger partial charge in [-0.15, -0.1) is 0 Å². The highest BCUT2D eigenvalue weighted by atomic mass is 32.1. The maximum absolute atomic E-state index is 13.3. The average molecular weight is 511 g/mol. The minimum atomic E-state index is -0.378. The zero-order chi connectivity index (χ0) is 26.1. The molecule has 0 spiro atoms. The molecule has 4 heterocycles. The summed E-state index contributed by atoms with van der Waals surface area (Å²) < 4.78 is 5.49. The number of aromatic nitrogens is 3. The van der Waals surface area contributed by atoms with Crippen molar-refractivity contribution in [1.29, 1.82) is 5.26 Å². The van der Waals surface area contributed by atoms with Crippen LogP contribution < -0.4 is 10.1 Å². The van der Waals surface area contributed by atoms with Gasteiger partial charge in [0.2, 0.25) is 0 Å². The zero-order valence-electron chi connectivity index (χ0n) is 20.4. The summed E-state index contributed by atoms with van der Waals surface area (Å²) in [5.41, 5.74) is 4.74. The van der Waals surface area contributed by atoms with E-state index < -0.39 is 0 Å². The Morgan fingerprint density at radius 2 is 1.97 bits per heavy atom. The Morgan fingerprint density at radius 1 is 1.14 bits per heavy atom. The molecule has 1 aliphatic heterocycles. The highest BCUT2D eigenvalue weighted by Gasteiger charge is 2.30. The molecule has 1 N–H and O–H groups in total. The number of carbonyl (C=O) groups is 2. The quantitative estimate of drug-likeness (QED) is 0.419. The Morgan fingerprint density at radius 3 is 2.70 bits per heavy atom. The molecular formula is C27H22N6O3S. The number of anilines is 1. The summed E-state index contributed by atoms with van der Waals surface area (Å²) in [5.74, 6) is 0.0222. The van der Waals surface area contributed by atoms with Gasteiger partial charge in [0.25, 0.3) is 11.8 Å². The second kappa shape index (κ2) is 9.79. The van der Waals surface area contributed by atoms with E-state index in [-0.39, 0.29) is 11.8 Å². The molecule has 0 aliphatic carbocycles. The molecule has 0 bridgehead atoms. The number of hydrogen-bond donors (Lipinski definition) is 1. The largest absolute Gasteiger partial charge is 0.496 e. The van der Waals surface area contributed by atoms with Crippen molar-refractivity contribution in [3.8, 4) is 22.9 Å². The standard InChI is InChI=1S/C27H22N6O3S/c1-15-5-4-8-29-24(15)26(35)33-13-21-23(14-33)37-27(31-21)32-25(34)20-12-30-16(2)9-18(20)19-10-17(11-28)6-7-22(19)36-3/h4-10,12H,13-14H2,1-3H3,(H,31,32,34). The molecule has 9 nitrogen and oxygen atoms in total. The number of nitrogens with one attached hydrogen (secondary N) is 1. The van der Waals surface area contributed by atoms with E-state index in [0.29, 0.717) is 51.9 Å². The van der Waals surface area contributed by atoms with Gasteiger partial charge in [-0.1, -0.05) is 17.4 Å². The second-order valence-corrected chi connectivity index (χ2v) is 9.65. The number of nitriles is 1. The van der Waals surface area contributed by atoms with Crippen LogP contribution in [0.5, 0.6) is 5.75 Å². The zero-order valence-corrected chi connectivity index (χ0v) is 21.2. The van der Waals surface area contributed by atoms with Crippen molar-refractivity contribution in [3.63, 3.8) is 0 Å². The Hall–Kier alpha value is -4.62. The van der Waals surface area contributed by atoms with Gasteiger partial charge in [0.05, 0.1) is 48.0 Å². The van der Waals surface area contributed by atoms with Gasteiger partial charge in [-0.05, 0) is 49.7 Å². The van der Waals surface area contributed by atoms with Crippen molar-refractivity contribution in [1.82, 2.24) is 19.9 Å². The third-order valence-corrected chi connectivity index (χ3v) is 7.07. The van der Waals surface area contributed by atoms with Crippen LogP contribution in [0.15, 0.2) is 48.8 Å². The molecule has 2 amide bonds. The van der Waals surface area contributed by atoms with Crippen molar-refractivity contribution < 1.29 is 14.3 Å². The van der Waals surface area contributed by atoms with Gasteiger partial charge in [-0.2, -0.15) is 5.26 Å². The van der Waals surface area contributed by atoms with Crippen LogP contribution in [-0.4, -0.2) is 38.8 Å². The summed E-state index contributed by atoms with van der Waals surface area (Å²) in [6.45, 7) is 4.45. The Labute approximate surface area is 217 Å². The highest BCUT2D eigenvalue weighted by molar-refractivity contribution is 7.16.